The smallest absolute Gasteiger partial charge is 0.0469 e. The van der Waals surface area contributed by atoms with E-state index in [9.17, 15) is 0 Å². The van der Waals surface area contributed by atoms with Gasteiger partial charge in [0.05, 0.1) is 0 Å². The maximum absolute atomic E-state index is 3.57. The van der Waals surface area contributed by atoms with E-state index >= 15 is 0 Å². The third-order valence-corrected chi connectivity index (χ3v) is 3.11. The highest BCUT2D eigenvalue weighted by Gasteiger charge is 2.03. The van der Waals surface area contributed by atoms with Crippen LogP contribution in [0.3, 0.4) is 0 Å². The van der Waals surface area contributed by atoms with Gasteiger partial charge in [0.2, 0.25) is 0 Å². The molecule has 0 aliphatic rings. The average Bonchev–Trinajstić information content (AvgIpc) is 2.90. The summed E-state index contributed by atoms with van der Waals surface area (Å²) < 4.78 is 2.12. The maximum Gasteiger partial charge on any atom is 0.0469 e. The Labute approximate surface area is 103 Å². The second-order valence-electron chi connectivity index (χ2n) is 4.30. The van der Waals surface area contributed by atoms with Crippen molar-refractivity contribution in [2.45, 2.75) is 32.7 Å². The molecule has 0 spiro atoms. The lowest BCUT2D eigenvalue weighted by atomic mass is 10.1. The molecule has 0 saturated heterocycles. The number of nitrogens with one attached hydrogen (secondary N) is 1. The number of rotatable bonds is 5. The Balaban J connectivity index is 2.17. The van der Waals surface area contributed by atoms with E-state index in [-0.39, 0.29) is 0 Å². The van der Waals surface area contributed by atoms with Crippen molar-refractivity contribution in [2.75, 3.05) is 5.32 Å². The van der Waals surface area contributed by atoms with E-state index in [1.165, 1.54) is 11.4 Å². The highest BCUT2D eigenvalue weighted by atomic mass is 15.0. The van der Waals surface area contributed by atoms with Crippen LogP contribution in [0.4, 0.5) is 5.69 Å². The van der Waals surface area contributed by atoms with Gasteiger partial charge >= 0.3 is 0 Å². The number of aromatic nitrogens is 1. The largest absolute Gasteiger partial charge is 0.382 e. The van der Waals surface area contributed by atoms with Crippen LogP contribution >= 0.6 is 0 Å². The molecule has 17 heavy (non-hydrogen) atoms. The Morgan fingerprint density at radius 3 is 2.41 bits per heavy atom. The molecule has 1 aromatic carbocycles. The van der Waals surface area contributed by atoms with Gasteiger partial charge in [-0.2, -0.15) is 0 Å². The van der Waals surface area contributed by atoms with E-state index in [2.05, 4.69) is 60.4 Å². The second-order valence-corrected chi connectivity index (χ2v) is 4.30. The van der Waals surface area contributed by atoms with Crippen LogP contribution in [0.25, 0.3) is 5.69 Å². The topological polar surface area (TPSA) is 17.0 Å². The monoisotopic (exact) mass is 228 g/mol. The van der Waals surface area contributed by atoms with Gasteiger partial charge in [-0.1, -0.05) is 19.9 Å². The van der Waals surface area contributed by atoms with Crippen LogP contribution in [0, 0.1) is 0 Å². The molecule has 0 saturated carbocycles. The summed E-state index contributed by atoms with van der Waals surface area (Å²) in [6, 6.07) is 13.2. The predicted molar refractivity (Wildman–Crippen MR) is 73.8 cm³/mol. The predicted octanol–water partition coefficient (Wildman–Crippen LogP) is 4.08. The van der Waals surface area contributed by atoms with Crippen LogP contribution in [0.15, 0.2) is 48.8 Å². The lowest BCUT2D eigenvalue weighted by Crippen LogP contribution is -2.16. The molecule has 90 valence electrons. The molecule has 2 heteroatoms. The van der Waals surface area contributed by atoms with Crippen molar-refractivity contribution in [3.63, 3.8) is 0 Å². The highest BCUT2D eigenvalue weighted by Crippen LogP contribution is 2.17. The minimum Gasteiger partial charge on any atom is -0.382 e. The zero-order chi connectivity index (χ0) is 12.1. The van der Waals surface area contributed by atoms with Gasteiger partial charge in [-0.3, -0.25) is 0 Å². The summed E-state index contributed by atoms with van der Waals surface area (Å²) in [5.74, 6) is 0. The van der Waals surface area contributed by atoms with Crippen LogP contribution in [0.5, 0.6) is 0 Å². The fraction of sp³-hybridized carbons (Fsp3) is 0.333. The summed E-state index contributed by atoms with van der Waals surface area (Å²) in [6.07, 6.45) is 6.45. The van der Waals surface area contributed by atoms with Crippen LogP contribution in [-0.2, 0) is 0 Å². The minimum absolute atomic E-state index is 0.565. The first kappa shape index (κ1) is 11.8. The minimum atomic E-state index is 0.565. The molecule has 1 heterocycles. The van der Waals surface area contributed by atoms with Crippen molar-refractivity contribution in [1.82, 2.24) is 4.57 Å². The molecule has 2 rings (SSSR count). The molecule has 0 aliphatic heterocycles. The molecule has 2 nitrogen and oxygen atoms in total. The first-order valence-electron chi connectivity index (χ1n) is 6.33. The first-order chi connectivity index (χ1) is 8.33. The molecule has 0 atom stereocenters. The Morgan fingerprint density at radius 1 is 1.06 bits per heavy atom. The zero-order valence-corrected chi connectivity index (χ0v) is 10.6. The van der Waals surface area contributed by atoms with Crippen LogP contribution in [0.2, 0.25) is 0 Å². The van der Waals surface area contributed by atoms with E-state index in [1.54, 1.807) is 0 Å². The van der Waals surface area contributed by atoms with Crippen molar-refractivity contribution in [2.24, 2.45) is 0 Å². The van der Waals surface area contributed by atoms with Crippen LogP contribution < -0.4 is 5.32 Å². The molecule has 0 fully saturated rings. The Morgan fingerprint density at radius 2 is 1.76 bits per heavy atom. The van der Waals surface area contributed by atoms with Crippen molar-refractivity contribution in [3.05, 3.63) is 48.8 Å². The van der Waals surface area contributed by atoms with Crippen molar-refractivity contribution in [1.29, 1.82) is 0 Å². The van der Waals surface area contributed by atoms with Gasteiger partial charge in [-0.05, 0) is 43.2 Å². The van der Waals surface area contributed by atoms with Gasteiger partial charge in [0, 0.05) is 29.8 Å². The first-order valence-corrected chi connectivity index (χ1v) is 6.33. The van der Waals surface area contributed by atoms with Gasteiger partial charge in [0.15, 0.2) is 0 Å². The summed E-state index contributed by atoms with van der Waals surface area (Å²) in [5, 5.41) is 3.57. The molecule has 0 amide bonds. The van der Waals surface area contributed by atoms with Gasteiger partial charge in [0.1, 0.15) is 0 Å². The quantitative estimate of drug-likeness (QED) is 0.816. The lowest BCUT2D eigenvalue weighted by molar-refractivity contribution is 0.672. The van der Waals surface area contributed by atoms with E-state index in [1.807, 2.05) is 12.1 Å². The summed E-state index contributed by atoms with van der Waals surface area (Å²) in [6.45, 7) is 4.44. The molecule has 0 unspecified atom stereocenters. The van der Waals surface area contributed by atoms with E-state index < -0.39 is 0 Å². The molecular weight excluding hydrogens is 208 g/mol. The van der Waals surface area contributed by atoms with Crippen LogP contribution in [-0.4, -0.2) is 10.6 Å². The van der Waals surface area contributed by atoms with Gasteiger partial charge < -0.3 is 9.88 Å². The number of anilines is 1. The zero-order valence-electron chi connectivity index (χ0n) is 10.6. The maximum atomic E-state index is 3.57. The summed E-state index contributed by atoms with van der Waals surface area (Å²) in [5.41, 5.74) is 2.40. The summed E-state index contributed by atoms with van der Waals surface area (Å²) in [4.78, 5) is 0. The molecule has 0 radical (unpaired) electrons. The third kappa shape index (κ3) is 2.90. The number of hydrogen-bond acceptors (Lipinski definition) is 1. The highest BCUT2D eigenvalue weighted by molar-refractivity contribution is 5.51. The lowest BCUT2D eigenvalue weighted by Gasteiger charge is -2.17. The Bertz CT molecular complexity index is 442. The Kier molecular flexibility index (Phi) is 3.86. The molecule has 0 bridgehead atoms. The van der Waals surface area contributed by atoms with Crippen LogP contribution in [0.1, 0.15) is 26.7 Å². The van der Waals surface area contributed by atoms with Gasteiger partial charge in [-0.25, -0.2) is 0 Å². The van der Waals surface area contributed by atoms with Crippen molar-refractivity contribution in [3.8, 4) is 5.69 Å². The van der Waals surface area contributed by atoms with Crippen molar-refractivity contribution >= 4 is 5.69 Å². The van der Waals surface area contributed by atoms with Crippen molar-refractivity contribution < 1.29 is 0 Å². The Hall–Kier alpha value is -1.70. The molecule has 1 aromatic heterocycles. The van der Waals surface area contributed by atoms with E-state index in [0.29, 0.717) is 6.04 Å². The summed E-state index contributed by atoms with van der Waals surface area (Å²) in [7, 11) is 0. The fourth-order valence-corrected chi connectivity index (χ4v) is 1.99. The second kappa shape index (κ2) is 5.58. The number of hydrogen-bond donors (Lipinski definition) is 1. The average molecular weight is 228 g/mol. The fourth-order valence-electron chi connectivity index (χ4n) is 1.99. The molecule has 1 N–H and O–H groups in total. The van der Waals surface area contributed by atoms with Gasteiger partial charge in [0.25, 0.3) is 0 Å². The number of benzene rings is 1. The van der Waals surface area contributed by atoms with E-state index in [4.69, 9.17) is 0 Å². The SMILES string of the molecule is CCC(CC)Nc1cccc(-n2cccc2)c1. The molecule has 2 aromatic rings. The van der Waals surface area contributed by atoms with Gasteiger partial charge in [-0.15, -0.1) is 0 Å². The normalized spacial score (nSPS) is 10.8. The summed E-state index contributed by atoms with van der Waals surface area (Å²) >= 11 is 0. The molecular formula is C15H20N2. The third-order valence-electron chi connectivity index (χ3n) is 3.11. The van der Waals surface area contributed by atoms with E-state index in [0.717, 1.165) is 12.8 Å². The standard InChI is InChI=1S/C15H20N2/c1-3-13(4-2)16-14-8-7-9-15(12-14)17-10-5-6-11-17/h5-13,16H,3-4H2,1-2H3. The number of nitrogens with zero attached hydrogens (tertiary/aromatic N) is 1. The molecule has 0 aliphatic carbocycles.